The lowest BCUT2D eigenvalue weighted by molar-refractivity contribution is 0.0526. The minimum Gasteiger partial charge on any atom is -0.389 e. The van der Waals surface area contributed by atoms with Crippen LogP contribution in [0.1, 0.15) is 33.6 Å². The monoisotopic (exact) mass is 224 g/mol. The maximum atomic E-state index is 9.85. The first-order chi connectivity index (χ1) is 5.90. The number of halogens is 2. The van der Waals surface area contributed by atoms with Gasteiger partial charge in [0.15, 0.2) is 0 Å². The Morgan fingerprint density at radius 2 is 2.08 bits per heavy atom. The van der Waals surface area contributed by atoms with E-state index in [0.717, 1.165) is 6.42 Å². The van der Waals surface area contributed by atoms with Crippen LogP contribution in [0.2, 0.25) is 0 Å². The van der Waals surface area contributed by atoms with Crippen molar-refractivity contribution >= 4 is 23.2 Å². The Morgan fingerprint density at radius 1 is 1.54 bits per heavy atom. The van der Waals surface area contributed by atoms with Gasteiger partial charge in [0.2, 0.25) is 0 Å². The van der Waals surface area contributed by atoms with E-state index in [2.05, 4.69) is 6.08 Å². The average molecular weight is 225 g/mol. The number of aliphatic hydroxyl groups is 1. The summed E-state index contributed by atoms with van der Waals surface area (Å²) in [5.41, 5.74) is 0.391. The predicted octanol–water partition coefficient (Wildman–Crippen LogP) is 3.33. The molecule has 0 radical (unpaired) electrons. The third-order valence-electron chi connectivity index (χ3n) is 2.01. The number of hydrogen-bond acceptors (Lipinski definition) is 1. The summed E-state index contributed by atoms with van der Waals surface area (Å²) in [5, 5.41) is 9.47. The first kappa shape index (κ1) is 13.3. The van der Waals surface area contributed by atoms with Crippen molar-refractivity contribution in [2.24, 2.45) is 0 Å². The standard InChI is InChI=1S/C10H18Cl2O/c1-8(2)5-4-6-10(3,13)9(12)7-11/h5,9,13H,4,6-7H2,1-3H3. The number of rotatable bonds is 5. The Hall–Kier alpha value is 0.280. The molecule has 13 heavy (non-hydrogen) atoms. The zero-order chi connectivity index (χ0) is 10.5. The first-order valence-corrected chi connectivity index (χ1v) is 5.43. The summed E-state index contributed by atoms with van der Waals surface area (Å²) < 4.78 is 0. The summed E-state index contributed by atoms with van der Waals surface area (Å²) >= 11 is 11.4. The van der Waals surface area contributed by atoms with E-state index in [4.69, 9.17) is 23.2 Å². The molecule has 0 heterocycles. The van der Waals surface area contributed by atoms with E-state index in [-0.39, 0.29) is 11.3 Å². The molecule has 0 aromatic rings. The second kappa shape index (κ2) is 5.90. The normalized spacial score (nSPS) is 17.7. The molecule has 0 saturated heterocycles. The Balaban J connectivity index is 3.96. The van der Waals surface area contributed by atoms with Crippen LogP contribution in [0.3, 0.4) is 0 Å². The highest BCUT2D eigenvalue weighted by atomic mass is 35.5. The molecule has 0 bridgehead atoms. The van der Waals surface area contributed by atoms with E-state index in [1.54, 1.807) is 6.92 Å². The third-order valence-corrected chi connectivity index (χ3v) is 3.10. The molecule has 0 amide bonds. The molecule has 0 aromatic heterocycles. The number of allylic oxidation sites excluding steroid dienone is 2. The molecule has 1 N–H and O–H groups in total. The SMILES string of the molecule is CC(C)=CCCC(C)(O)C(Cl)CCl. The summed E-state index contributed by atoms with van der Waals surface area (Å²) in [5.74, 6) is 0.281. The van der Waals surface area contributed by atoms with Crippen molar-refractivity contribution in [3.63, 3.8) is 0 Å². The zero-order valence-corrected chi connectivity index (χ0v) is 9.99. The molecule has 1 nitrogen and oxygen atoms in total. The van der Waals surface area contributed by atoms with Gasteiger partial charge in [0, 0.05) is 5.88 Å². The first-order valence-electron chi connectivity index (χ1n) is 4.46. The summed E-state index contributed by atoms with van der Waals surface area (Å²) in [4.78, 5) is 0. The van der Waals surface area contributed by atoms with Crippen LogP contribution < -0.4 is 0 Å². The average Bonchev–Trinajstić information content (AvgIpc) is 2.01. The molecule has 78 valence electrons. The van der Waals surface area contributed by atoms with Crippen LogP contribution in [0.4, 0.5) is 0 Å². The van der Waals surface area contributed by atoms with Gasteiger partial charge in [-0.1, -0.05) is 11.6 Å². The van der Waals surface area contributed by atoms with Gasteiger partial charge in [0.1, 0.15) is 0 Å². The number of hydrogen-bond donors (Lipinski definition) is 1. The molecule has 2 atom stereocenters. The lowest BCUT2D eigenvalue weighted by Crippen LogP contribution is -2.36. The van der Waals surface area contributed by atoms with Crippen LogP contribution in [0.5, 0.6) is 0 Å². The Labute approximate surface area is 90.7 Å². The van der Waals surface area contributed by atoms with Gasteiger partial charge in [-0.25, -0.2) is 0 Å². The molecular weight excluding hydrogens is 207 g/mol. The van der Waals surface area contributed by atoms with Gasteiger partial charge in [0.25, 0.3) is 0 Å². The van der Waals surface area contributed by atoms with E-state index in [1.807, 2.05) is 13.8 Å². The predicted molar refractivity (Wildman–Crippen MR) is 59.6 cm³/mol. The summed E-state index contributed by atoms with van der Waals surface area (Å²) in [6.07, 6.45) is 3.58. The summed E-state index contributed by atoms with van der Waals surface area (Å²) in [7, 11) is 0. The van der Waals surface area contributed by atoms with E-state index >= 15 is 0 Å². The number of alkyl halides is 2. The van der Waals surface area contributed by atoms with E-state index < -0.39 is 5.60 Å². The maximum absolute atomic E-state index is 9.85. The minimum atomic E-state index is -0.866. The van der Waals surface area contributed by atoms with Crippen molar-refractivity contribution in [1.82, 2.24) is 0 Å². The van der Waals surface area contributed by atoms with Crippen molar-refractivity contribution in [3.05, 3.63) is 11.6 Å². The molecule has 0 spiro atoms. The lowest BCUT2D eigenvalue weighted by Gasteiger charge is -2.26. The van der Waals surface area contributed by atoms with Crippen LogP contribution in [0.25, 0.3) is 0 Å². The Bertz CT molecular complexity index is 172. The summed E-state index contributed by atoms with van der Waals surface area (Å²) in [6, 6.07) is 0. The summed E-state index contributed by atoms with van der Waals surface area (Å²) in [6.45, 7) is 5.80. The third kappa shape index (κ3) is 5.56. The maximum Gasteiger partial charge on any atom is 0.0797 e. The van der Waals surface area contributed by atoms with Crippen molar-refractivity contribution in [2.75, 3.05) is 5.88 Å². The van der Waals surface area contributed by atoms with Crippen molar-refractivity contribution in [3.8, 4) is 0 Å². The van der Waals surface area contributed by atoms with Crippen LogP contribution in [-0.2, 0) is 0 Å². The molecule has 2 unspecified atom stereocenters. The highest BCUT2D eigenvalue weighted by molar-refractivity contribution is 6.28. The quantitative estimate of drug-likeness (QED) is 0.562. The highest BCUT2D eigenvalue weighted by Crippen LogP contribution is 2.23. The Kier molecular flexibility index (Phi) is 6.02. The van der Waals surface area contributed by atoms with Gasteiger partial charge in [-0.15, -0.1) is 23.2 Å². The lowest BCUT2D eigenvalue weighted by atomic mass is 9.96. The van der Waals surface area contributed by atoms with Gasteiger partial charge >= 0.3 is 0 Å². The molecule has 0 rings (SSSR count). The molecule has 0 aliphatic rings. The largest absolute Gasteiger partial charge is 0.389 e. The smallest absolute Gasteiger partial charge is 0.0797 e. The fourth-order valence-corrected chi connectivity index (χ4v) is 1.42. The molecule has 0 aliphatic carbocycles. The zero-order valence-electron chi connectivity index (χ0n) is 8.48. The van der Waals surface area contributed by atoms with Gasteiger partial charge in [0.05, 0.1) is 11.0 Å². The van der Waals surface area contributed by atoms with Crippen LogP contribution in [0, 0.1) is 0 Å². The van der Waals surface area contributed by atoms with Crippen LogP contribution in [0.15, 0.2) is 11.6 Å². The molecule has 0 fully saturated rings. The van der Waals surface area contributed by atoms with E-state index in [0.29, 0.717) is 6.42 Å². The van der Waals surface area contributed by atoms with Crippen molar-refractivity contribution in [2.45, 2.75) is 44.6 Å². The second-order valence-electron chi connectivity index (χ2n) is 3.80. The van der Waals surface area contributed by atoms with Gasteiger partial charge in [-0.2, -0.15) is 0 Å². The molecule has 0 aliphatic heterocycles. The fourth-order valence-electron chi connectivity index (χ4n) is 0.976. The van der Waals surface area contributed by atoms with Gasteiger partial charge in [-0.05, 0) is 33.6 Å². The minimum absolute atomic E-state index is 0.281. The molecular formula is C10H18Cl2O. The Morgan fingerprint density at radius 3 is 2.46 bits per heavy atom. The van der Waals surface area contributed by atoms with Gasteiger partial charge in [-0.3, -0.25) is 0 Å². The highest BCUT2D eigenvalue weighted by Gasteiger charge is 2.28. The molecule has 0 aromatic carbocycles. The molecule has 0 saturated carbocycles. The van der Waals surface area contributed by atoms with E-state index in [9.17, 15) is 5.11 Å². The molecule has 3 heteroatoms. The van der Waals surface area contributed by atoms with Gasteiger partial charge < -0.3 is 5.11 Å². The second-order valence-corrected chi connectivity index (χ2v) is 4.63. The van der Waals surface area contributed by atoms with Crippen molar-refractivity contribution in [1.29, 1.82) is 0 Å². The van der Waals surface area contributed by atoms with Crippen molar-refractivity contribution < 1.29 is 5.11 Å². The fraction of sp³-hybridized carbons (Fsp3) is 0.800. The van der Waals surface area contributed by atoms with E-state index in [1.165, 1.54) is 5.57 Å². The van der Waals surface area contributed by atoms with Crippen LogP contribution in [-0.4, -0.2) is 22.0 Å². The van der Waals surface area contributed by atoms with Crippen LogP contribution >= 0.6 is 23.2 Å². The topological polar surface area (TPSA) is 20.2 Å².